The predicted octanol–water partition coefficient (Wildman–Crippen LogP) is 2.51. The Kier molecular flexibility index (Phi) is 3.13. The highest BCUT2D eigenvalue weighted by atomic mass is 16.2. The zero-order valence-electron chi connectivity index (χ0n) is 11.7. The van der Waals surface area contributed by atoms with Crippen molar-refractivity contribution in [3.8, 4) is 0 Å². The van der Waals surface area contributed by atoms with E-state index in [1.54, 1.807) is 0 Å². The van der Waals surface area contributed by atoms with Gasteiger partial charge < -0.3 is 4.90 Å². The van der Waals surface area contributed by atoms with Crippen LogP contribution in [0.5, 0.6) is 0 Å². The Hall–Kier alpha value is -0.570. The van der Waals surface area contributed by atoms with Gasteiger partial charge in [0.2, 0.25) is 5.91 Å². The highest BCUT2D eigenvalue weighted by molar-refractivity contribution is 5.91. The van der Waals surface area contributed by atoms with Crippen molar-refractivity contribution in [1.29, 1.82) is 0 Å². The Balaban J connectivity index is 1.55. The van der Waals surface area contributed by atoms with E-state index in [2.05, 4.69) is 24.1 Å². The summed E-state index contributed by atoms with van der Waals surface area (Å²) in [5.41, 5.74) is -0.125. The number of rotatable bonds is 3. The molecule has 2 aliphatic carbocycles. The van der Waals surface area contributed by atoms with Crippen molar-refractivity contribution in [2.24, 2.45) is 11.8 Å². The van der Waals surface area contributed by atoms with E-state index in [1.165, 1.54) is 32.1 Å². The van der Waals surface area contributed by atoms with Crippen molar-refractivity contribution < 1.29 is 4.79 Å². The van der Waals surface area contributed by atoms with Gasteiger partial charge in [-0.3, -0.25) is 10.1 Å². The van der Waals surface area contributed by atoms with E-state index in [0.717, 1.165) is 31.2 Å². The molecule has 0 aromatic heterocycles. The quantitative estimate of drug-likeness (QED) is 0.834. The molecule has 1 atom stereocenters. The average molecular weight is 250 g/mol. The second kappa shape index (κ2) is 4.52. The summed E-state index contributed by atoms with van der Waals surface area (Å²) in [6.07, 6.45) is 9.07. The lowest BCUT2D eigenvalue weighted by atomic mass is 9.80. The van der Waals surface area contributed by atoms with Gasteiger partial charge in [-0.1, -0.05) is 26.2 Å². The summed E-state index contributed by atoms with van der Waals surface area (Å²) in [6.45, 7) is 5.44. The highest BCUT2D eigenvalue weighted by Gasteiger charge is 2.58. The third kappa shape index (κ3) is 2.07. The van der Waals surface area contributed by atoms with Crippen molar-refractivity contribution in [2.75, 3.05) is 6.54 Å². The number of nitrogens with zero attached hydrogens (tertiary/aromatic N) is 1. The molecule has 3 nitrogen and oxygen atoms in total. The van der Waals surface area contributed by atoms with Crippen molar-refractivity contribution in [1.82, 2.24) is 10.2 Å². The molecule has 3 rings (SSSR count). The molecule has 3 heteroatoms. The van der Waals surface area contributed by atoms with Gasteiger partial charge in [0.25, 0.3) is 0 Å². The Morgan fingerprint density at radius 3 is 2.33 bits per heavy atom. The van der Waals surface area contributed by atoms with Crippen LogP contribution in [0, 0.1) is 11.8 Å². The Morgan fingerprint density at radius 2 is 1.83 bits per heavy atom. The van der Waals surface area contributed by atoms with E-state index < -0.39 is 0 Å². The second-order valence-electron chi connectivity index (χ2n) is 6.65. The molecule has 0 radical (unpaired) electrons. The first-order valence-electron chi connectivity index (χ1n) is 7.73. The normalized spacial score (nSPS) is 38.4. The SMILES string of the molecule is CCC1CCC(CN2C(=O)C3(CC3)NC2C)CC1. The molecule has 1 heterocycles. The fourth-order valence-corrected chi connectivity index (χ4v) is 3.81. The van der Waals surface area contributed by atoms with Gasteiger partial charge in [-0.2, -0.15) is 0 Å². The second-order valence-corrected chi connectivity index (χ2v) is 6.65. The summed E-state index contributed by atoms with van der Waals surface area (Å²) in [7, 11) is 0. The number of amides is 1. The summed E-state index contributed by atoms with van der Waals surface area (Å²) in [5.74, 6) is 2.07. The van der Waals surface area contributed by atoms with Gasteiger partial charge in [0.1, 0.15) is 0 Å². The van der Waals surface area contributed by atoms with Crippen LogP contribution in [0.2, 0.25) is 0 Å². The summed E-state index contributed by atoms with van der Waals surface area (Å²) < 4.78 is 0. The van der Waals surface area contributed by atoms with Crippen LogP contribution < -0.4 is 5.32 Å². The molecule has 0 bridgehead atoms. The van der Waals surface area contributed by atoms with E-state index in [9.17, 15) is 4.79 Å². The first-order chi connectivity index (χ1) is 8.64. The average Bonchev–Trinajstić information content (AvgIpc) is 3.12. The number of hydrogen-bond donors (Lipinski definition) is 1. The first kappa shape index (κ1) is 12.5. The molecule has 1 N–H and O–H groups in total. The molecule has 18 heavy (non-hydrogen) atoms. The third-order valence-electron chi connectivity index (χ3n) is 5.37. The molecule has 3 fully saturated rings. The molecular weight excluding hydrogens is 224 g/mol. The summed E-state index contributed by atoms with van der Waals surface area (Å²) >= 11 is 0. The minimum atomic E-state index is -0.125. The molecule has 1 aliphatic heterocycles. The Bertz CT molecular complexity index is 329. The van der Waals surface area contributed by atoms with Crippen LogP contribution in [0.3, 0.4) is 0 Å². The van der Waals surface area contributed by atoms with Gasteiger partial charge in [0, 0.05) is 6.54 Å². The van der Waals surface area contributed by atoms with E-state index in [-0.39, 0.29) is 11.7 Å². The lowest BCUT2D eigenvalue weighted by molar-refractivity contribution is -0.131. The number of carbonyl (C=O) groups excluding carboxylic acids is 1. The molecule has 1 spiro atoms. The smallest absolute Gasteiger partial charge is 0.244 e. The Morgan fingerprint density at radius 1 is 1.22 bits per heavy atom. The molecule has 1 amide bonds. The van der Waals surface area contributed by atoms with Gasteiger partial charge in [-0.25, -0.2) is 0 Å². The fraction of sp³-hybridized carbons (Fsp3) is 0.933. The van der Waals surface area contributed by atoms with Gasteiger partial charge in [0.05, 0.1) is 11.7 Å². The van der Waals surface area contributed by atoms with Crippen molar-refractivity contribution in [3.63, 3.8) is 0 Å². The van der Waals surface area contributed by atoms with E-state index in [4.69, 9.17) is 0 Å². The van der Waals surface area contributed by atoms with E-state index >= 15 is 0 Å². The van der Waals surface area contributed by atoms with Crippen LogP contribution in [-0.4, -0.2) is 29.1 Å². The van der Waals surface area contributed by atoms with Crippen molar-refractivity contribution in [3.05, 3.63) is 0 Å². The molecule has 0 aromatic rings. The minimum Gasteiger partial charge on any atom is -0.326 e. The summed E-state index contributed by atoms with van der Waals surface area (Å²) in [4.78, 5) is 14.5. The molecule has 3 aliphatic rings. The molecular formula is C15H26N2O. The van der Waals surface area contributed by atoms with Gasteiger partial charge >= 0.3 is 0 Å². The zero-order valence-corrected chi connectivity index (χ0v) is 11.7. The number of nitrogens with one attached hydrogen (secondary N) is 1. The Labute approximate surface area is 110 Å². The maximum Gasteiger partial charge on any atom is 0.244 e. The van der Waals surface area contributed by atoms with Gasteiger partial charge in [-0.05, 0) is 44.4 Å². The topological polar surface area (TPSA) is 32.3 Å². The molecule has 102 valence electrons. The zero-order chi connectivity index (χ0) is 12.8. The summed E-state index contributed by atoms with van der Waals surface area (Å²) in [5, 5.41) is 3.49. The standard InChI is InChI=1S/C15H26N2O/c1-3-12-4-6-13(7-5-12)10-17-11(2)16-15(8-9-15)14(17)18/h11-13,16H,3-10H2,1-2H3. The van der Waals surface area contributed by atoms with Gasteiger partial charge in [-0.15, -0.1) is 0 Å². The molecule has 2 saturated carbocycles. The monoisotopic (exact) mass is 250 g/mol. The third-order valence-corrected chi connectivity index (χ3v) is 5.37. The van der Waals surface area contributed by atoms with Crippen LogP contribution in [0.4, 0.5) is 0 Å². The number of carbonyl (C=O) groups is 1. The van der Waals surface area contributed by atoms with Crippen LogP contribution >= 0.6 is 0 Å². The van der Waals surface area contributed by atoms with E-state index in [0.29, 0.717) is 5.91 Å². The van der Waals surface area contributed by atoms with Crippen LogP contribution in [0.1, 0.15) is 58.8 Å². The first-order valence-corrected chi connectivity index (χ1v) is 7.73. The largest absolute Gasteiger partial charge is 0.326 e. The lowest BCUT2D eigenvalue weighted by Crippen LogP contribution is -2.39. The van der Waals surface area contributed by atoms with Crippen LogP contribution in [0.25, 0.3) is 0 Å². The highest BCUT2D eigenvalue weighted by Crippen LogP contribution is 2.42. The van der Waals surface area contributed by atoms with Crippen molar-refractivity contribution in [2.45, 2.75) is 70.5 Å². The van der Waals surface area contributed by atoms with Crippen molar-refractivity contribution >= 4 is 5.91 Å². The minimum absolute atomic E-state index is 0.125. The maximum atomic E-state index is 12.4. The van der Waals surface area contributed by atoms with Crippen LogP contribution in [-0.2, 0) is 4.79 Å². The van der Waals surface area contributed by atoms with Crippen LogP contribution in [0.15, 0.2) is 0 Å². The van der Waals surface area contributed by atoms with Gasteiger partial charge in [0.15, 0.2) is 0 Å². The summed E-state index contributed by atoms with van der Waals surface area (Å²) in [6, 6.07) is 0. The predicted molar refractivity (Wildman–Crippen MR) is 72.0 cm³/mol. The molecule has 0 aromatic carbocycles. The lowest BCUT2D eigenvalue weighted by Gasteiger charge is -2.32. The fourth-order valence-electron chi connectivity index (χ4n) is 3.81. The van der Waals surface area contributed by atoms with E-state index in [1.807, 2.05) is 0 Å². The molecule has 1 saturated heterocycles. The maximum absolute atomic E-state index is 12.4. The molecule has 1 unspecified atom stereocenters. The number of hydrogen-bond acceptors (Lipinski definition) is 2.